The van der Waals surface area contributed by atoms with E-state index in [0.29, 0.717) is 11.6 Å². The van der Waals surface area contributed by atoms with Crippen LogP contribution in [-0.2, 0) is 6.54 Å². The minimum Gasteiger partial charge on any atom is -0.293 e. The Bertz CT molecular complexity index is 371. The van der Waals surface area contributed by atoms with E-state index in [4.69, 9.17) is 0 Å². The minimum absolute atomic E-state index is 0.00430. The van der Waals surface area contributed by atoms with Crippen LogP contribution in [0, 0.1) is 12.8 Å². The Hall–Kier alpha value is -1.19. The lowest BCUT2D eigenvalue weighted by atomic mass is 9.99. The molecule has 0 saturated carbocycles. The van der Waals surface area contributed by atoms with E-state index in [-0.39, 0.29) is 5.78 Å². The maximum Gasteiger partial charge on any atom is 0.181 e. The quantitative estimate of drug-likeness (QED) is 0.685. The molecule has 1 rings (SSSR count). The molecule has 4 heteroatoms. The molecule has 0 aliphatic heterocycles. The van der Waals surface area contributed by atoms with Crippen molar-refractivity contribution in [1.82, 2.24) is 15.0 Å². The predicted octanol–water partition coefficient (Wildman–Crippen LogP) is 3.01. The van der Waals surface area contributed by atoms with Crippen molar-refractivity contribution in [3.63, 3.8) is 0 Å². The van der Waals surface area contributed by atoms with Crippen molar-refractivity contribution >= 4 is 5.78 Å². The molecule has 96 valence electrons. The second-order valence-electron chi connectivity index (χ2n) is 4.68. The lowest BCUT2D eigenvalue weighted by Gasteiger charge is -2.14. The highest BCUT2D eigenvalue weighted by molar-refractivity contribution is 5.92. The molecule has 4 nitrogen and oxygen atoms in total. The number of aromatic nitrogens is 3. The third kappa shape index (κ3) is 3.65. The Morgan fingerprint density at radius 3 is 2.59 bits per heavy atom. The highest BCUT2D eigenvalue weighted by atomic mass is 16.1. The number of ketones is 1. The Morgan fingerprint density at radius 2 is 2.12 bits per heavy atom. The molecule has 0 N–H and O–H groups in total. The molecule has 0 saturated heterocycles. The van der Waals surface area contributed by atoms with Crippen LogP contribution in [0.2, 0.25) is 0 Å². The van der Waals surface area contributed by atoms with E-state index in [9.17, 15) is 4.79 Å². The maximum absolute atomic E-state index is 11.3. The van der Waals surface area contributed by atoms with Crippen molar-refractivity contribution in [2.24, 2.45) is 5.92 Å². The first-order chi connectivity index (χ1) is 8.10. The molecule has 1 aromatic rings. The highest BCUT2D eigenvalue weighted by Crippen LogP contribution is 2.16. The van der Waals surface area contributed by atoms with Crippen LogP contribution in [0.3, 0.4) is 0 Å². The number of rotatable bonds is 7. The molecule has 1 atom stereocenters. The molecular weight excluding hydrogens is 214 g/mol. The summed E-state index contributed by atoms with van der Waals surface area (Å²) in [6.07, 6.45) is 4.85. The SMILES string of the molecule is CCCCC(CC)Cn1nnc(C(C)=O)c1C. The molecule has 0 radical (unpaired) electrons. The zero-order valence-corrected chi connectivity index (χ0v) is 11.4. The Balaban J connectivity index is 2.69. The zero-order chi connectivity index (χ0) is 12.8. The molecular formula is C13H23N3O. The van der Waals surface area contributed by atoms with E-state index in [0.717, 1.165) is 18.7 Å². The maximum atomic E-state index is 11.3. The van der Waals surface area contributed by atoms with Crippen LogP contribution in [0.25, 0.3) is 0 Å². The largest absolute Gasteiger partial charge is 0.293 e. The summed E-state index contributed by atoms with van der Waals surface area (Å²) >= 11 is 0. The van der Waals surface area contributed by atoms with Crippen LogP contribution in [-0.4, -0.2) is 20.8 Å². The monoisotopic (exact) mass is 237 g/mol. The summed E-state index contributed by atoms with van der Waals surface area (Å²) in [5, 5.41) is 8.02. The summed E-state index contributed by atoms with van der Waals surface area (Å²) < 4.78 is 1.88. The lowest BCUT2D eigenvalue weighted by molar-refractivity contribution is 0.101. The van der Waals surface area contributed by atoms with E-state index >= 15 is 0 Å². The summed E-state index contributed by atoms with van der Waals surface area (Å²) in [7, 11) is 0. The topological polar surface area (TPSA) is 47.8 Å². The number of carbonyl (C=O) groups is 1. The smallest absolute Gasteiger partial charge is 0.181 e. The van der Waals surface area contributed by atoms with Gasteiger partial charge in [0.15, 0.2) is 11.5 Å². The van der Waals surface area contributed by atoms with Gasteiger partial charge >= 0.3 is 0 Å². The van der Waals surface area contributed by atoms with Crippen LogP contribution in [0.4, 0.5) is 0 Å². The third-order valence-electron chi connectivity index (χ3n) is 3.29. The van der Waals surface area contributed by atoms with Crippen molar-refractivity contribution in [2.45, 2.75) is 59.9 Å². The third-order valence-corrected chi connectivity index (χ3v) is 3.29. The number of hydrogen-bond acceptors (Lipinski definition) is 3. The van der Waals surface area contributed by atoms with Gasteiger partial charge in [-0.1, -0.05) is 38.3 Å². The van der Waals surface area contributed by atoms with Gasteiger partial charge in [-0.3, -0.25) is 4.79 Å². The van der Waals surface area contributed by atoms with Gasteiger partial charge < -0.3 is 0 Å². The molecule has 0 aromatic carbocycles. The highest BCUT2D eigenvalue weighted by Gasteiger charge is 2.15. The van der Waals surface area contributed by atoms with Crippen molar-refractivity contribution in [3.05, 3.63) is 11.4 Å². The molecule has 0 amide bonds. The van der Waals surface area contributed by atoms with Crippen LogP contribution < -0.4 is 0 Å². The van der Waals surface area contributed by atoms with Gasteiger partial charge in [-0.2, -0.15) is 0 Å². The average Bonchev–Trinajstić information content (AvgIpc) is 2.66. The van der Waals surface area contributed by atoms with E-state index in [1.807, 2.05) is 11.6 Å². The van der Waals surface area contributed by atoms with E-state index in [1.54, 1.807) is 0 Å². The lowest BCUT2D eigenvalue weighted by Crippen LogP contribution is -2.13. The fraction of sp³-hybridized carbons (Fsp3) is 0.769. The van der Waals surface area contributed by atoms with Gasteiger partial charge in [-0.15, -0.1) is 5.10 Å². The first-order valence-corrected chi connectivity index (χ1v) is 6.51. The first-order valence-electron chi connectivity index (χ1n) is 6.51. The van der Waals surface area contributed by atoms with Crippen molar-refractivity contribution in [2.75, 3.05) is 0 Å². The average molecular weight is 237 g/mol. The van der Waals surface area contributed by atoms with Crippen molar-refractivity contribution < 1.29 is 4.79 Å². The van der Waals surface area contributed by atoms with E-state index in [1.165, 1.54) is 26.2 Å². The van der Waals surface area contributed by atoms with Gasteiger partial charge in [0, 0.05) is 13.5 Å². The van der Waals surface area contributed by atoms with Crippen LogP contribution in [0.15, 0.2) is 0 Å². The van der Waals surface area contributed by atoms with E-state index < -0.39 is 0 Å². The molecule has 0 aliphatic rings. The summed E-state index contributed by atoms with van der Waals surface area (Å²) in [5.74, 6) is 0.630. The van der Waals surface area contributed by atoms with Crippen LogP contribution in [0.5, 0.6) is 0 Å². The van der Waals surface area contributed by atoms with Gasteiger partial charge in [0.05, 0.1) is 5.69 Å². The summed E-state index contributed by atoms with van der Waals surface area (Å²) in [5.41, 5.74) is 1.41. The van der Waals surface area contributed by atoms with Gasteiger partial charge in [0.25, 0.3) is 0 Å². The van der Waals surface area contributed by atoms with Crippen LogP contribution in [0.1, 0.15) is 62.6 Å². The molecule has 1 unspecified atom stereocenters. The molecule has 0 fully saturated rings. The normalized spacial score (nSPS) is 12.7. The summed E-state index contributed by atoms with van der Waals surface area (Å²) in [4.78, 5) is 11.3. The van der Waals surface area contributed by atoms with Crippen molar-refractivity contribution in [1.29, 1.82) is 0 Å². The number of hydrogen-bond donors (Lipinski definition) is 0. The first kappa shape index (κ1) is 13.9. The second kappa shape index (κ2) is 6.52. The number of unbranched alkanes of at least 4 members (excludes halogenated alkanes) is 1. The van der Waals surface area contributed by atoms with E-state index in [2.05, 4.69) is 24.2 Å². The molecule has 1 aromatic heterocycles. The van der Waals surface area contributed by atoms with Gasteiger partial charge in [-0.25, -0.2) is 4.68 Å². The summed E-state index contributed by atoms with van der Waals surface area (Å²) in [6, 6.07) is 0. The molecule has 1 heterocycles. The van der Waals surface area contributed by atoms with Gasteiger partial charge in [0.1, 0.15) is 0 Å². The minimum atomic E-state index is -0.00430. The predicted molar refractivity (Wildman–Crippen MR) is 68.1 cm³/mol. The summed E-state index contributed by atoms with van der Waals surface area (Å²) in [6.45, 7) is 8.75. The number of nitrogens with zero attached hydrogens (tertiary/aromatic N) is 3. The Kier molecular flexibility index (Phi) is 5.32. The van der Waals surface area contributed by atoms with Crippen LogP contribution >= 0.6 is 0 Å². The molecule has 17 heavy (non-hydrogen) atoms. The Labute approximate surface area is 103 Å². The Morgan fingerprint density at radius 1 is 1.41 bits per heavy atom. The molecule has 0 spiro atoms. The van der Waals surface area contributed by atoms with Gasteiger partial charge in [-0.05, 0) is 19.3 Å². The van der Waals surface area contributed by atoms with Crippen molar-refractivity contribution in [3.8, 4) is 0 Å². The standard InChI is InChI=1S/C13H23N3O/c1-5-7-8-12(6-2)9-16-10(3)13(11(4)17)14-15-16/h12H,5-9H2,1-4H3. The fourth-order valence-electron chi connectivity index (χ4n) is 2.02. The number of Topliss-reactive ketones (excluding diaryl/α,β-unsaturated/α-hetero) is 1. The fourth-order valence-corrected chi connectivity index (χ4v) is 2.02. The number of carbonyl (C=O) groups excluding carboxylic acids is 1. The zero-order valence-electron chi connectivity index (χ0n) is 11.4. The molecule has 0 bridgehead atoms. The van der Waals surface area contributed by atoms with Gasteiger partial charge in [0.2, 0.25) is 0 Å². The molecule has 0 aliphatic carbocycles. The second-order valence-corrected chi connectivity index (χ2v) is 4.68.